The van der Waals surface area contributed by atoms with E-state index >= 15 is 0 Å². The topological polar surface area (TPSA) is 75.7 Å². The second kappa shape index (κ2) is 7.54. The number of methoxy groups -OCH3 is 1. The zero-order valence-corrected chi connectivity index (χ0v) is 14.5. The summed E-state index contributed by atoms with van der Waals surface area (Å²) in [7, 11) is -1.92. The molecule has 0 radical (unpaired) electrons. The molecule has 22 heavy (non-hydrogen) atoms. The molecule has 0 spiro atoms. The summed E-state index contributed by atoms with van der Waals surface area (Å²) in [6, 6.07) is 3.08. The van der Waals surface area contributed by atoms with Crippen molar-refractivity contribution in [2.45, 2.75) is 24.0 Å². The van der Waals surface area contributed by atoms with Gasteiger partial charge in [-0.1, -0.05) is 6.92 Å². The van der Waals surface area contributed by atoms with Crippen LogP contribution in [0.25, 0.3) is 0 Å². The van der Waals surface area contributed by atoms with Crippen LogP contribution in [0.15, 0.2) is 16.3 Å². The lowest BCUT2D eigenvalue weighted by Gasteiger charge is -2.28. The first-order valence-electron chi connectivity index (χ1n) is 7.32. The Morgan fingerprint density at radius 2 is 2.09 bits per heavy atom. The summed E-state index contributed by atoms with van der Waals surface area (Å²) in [6.45, 7) is 4.07. The minimum absolute atomic E-state index is 0.235. The molecule has 1 aromatic heterocycles. The molecule has 0 aromatic carbocycles. The highest BCUT2D eigenvalue weighted by atomic mass is 32.2. The fraction of sp³-hybridized carbons (Fsp3) is 0.643. The standard InChI is InChI=1S/C14H22N2O4S2/c1-11-5-8-16(9-6-11)22(18,19)13-4-3-12(21-13)14(17)15-7-10-20-2/h3-4,11H,5-10H2,1-2H3,(H,15,17). The minimum atomic E-state index is -3.48. The van der Waals surface area contributed by atoms with Crippen LogP contribution in [-0.2, 0) is 14.8 Å². The van der Waals surface area contributed by atoms with Gasteiger partial charge in [-0.2, -0.15) is 4.31 Å². The first-order valence-corrected chi connectivity index (χ1v) is 9.58. The van der Waals surface area contributed by atoms with E-state index < -0.39 is 10.0 Å². The highest BCUT2D eigenvalue weighted by Gasteiger charge is 2.29. The van der Waals surface area contributed by atoms with Gasteiger partial charge in [0.15, 0.2) is 0 Å². The number of nitrogens with one attached hydrogen (secondary N) is 1. The van der Waals surface area contributed by atoms with Gasteiger partial charge in [0, 0.05) is 26.7 Å². The maximum Gasteiger partial charge on any atom is 0.261 e. The third kappa shape index (κ3) is 4.07. The van der Waals surface area contributed by atoms with Crippen molar-refractivity contribution in [3.05, 3.63) is 17.0 Å². The van der Waals surface area contributed by atoms with Crippen molar-refractivity contribution >= 4 is 27.3 Å². The highest BCUT2D eigenvalue weighted by molar-refractivity contribution is 7.91. The number of rotatable bonds is 6. The normalized spacial score (nSPS) is 17.5. The SMILES string of the molecule is COCCNC(=O)c1ccc(S(=O)(=O)N2CCC(C)CC2)s1. The second-order valence-corrected chi connectivity index (χ2v) is 8.70. The number of piperidine rings is 1. The van der Waals surface area contributed by atoms with E-state index in [9.17, 15) is 13.2 Å². The van der Waals surface area contributed by atoms with Gasteiger partial charge in [0.25, 0.3) is 15.9 Å². The summed E-state index contributed by atoms with van der Waals surface area (Å²) in [5.41, 5.74) is 0. The third-order valence-corrected chi connectivity index (χ3v) is 7.18. The maximum absolute atomic E-state index is 12.6. The lowest BCUT2D eigenvalue weighted by molar-refractivity contribution is 0.0941. The van der Waals surface area contributed by atoms with E-state index in [4.69, 9.17) is 4.74 Å². The molecule has 2 heterocycles. The lowest BCUT2D eigenvalue weighted by atomic mass is 10.0. The number of sulfonamides is 1. The molecule has 6 nitrogen and oxygen atoms in total. The van der Waals surface area contributed by atoms with Crippen LogP contribution in [0.3, 0.4) is 0 Å². The van der Waals surface area contributed by atoms with Crippen molar-refractivity contribution in [3.8, 4) is 0 Å². The lowest BCUT2D eigenvalue weighted by Crippen LogP contribution is -2.37. The Balaban J connectivity index is 2.05. The van der Waals surface area contributed by atoms with Crippen LogP contribution < -0.4 is 5.32 Å². The predicted molar refractivity (Wildman–Crippen MR) is 85.7 cm³/mol. The molecule has 0 atom stereocenters. The maximum atomic E-state index is 12.6. The molecule has 1 aromatic rings. The largest absolute Gasteiger partial charge is 0.383 e. The molecule has 1 fully saturated rings. The van der Waals surface area contributed by atoms with Crippen molar-refractivity contribution in [1.82, 2.24) is 9.62 Å². The minimum Gasteiger partial charge on any atom is -0.383 e. The zero-order valence-electron chi connectivity index (χ0n) is 12.9. The Morgan fingerprint density at radius 1 is 1.41 bits per heavy atom. The number of carbonyl (C=O) groups is 1. The van der Waals surface area contributed by atoms with Crippen LogP contribution in [0.5, 0.6) is 0 Å². The van der Waals surface area contributed by atoms with Crippen LogP contribution in [0.2, 0.25) is 0 Å². The number of hydrogen-bond acceptors (Lipinski definition) is 5. The van der Waals surface area contributed by atoms with Crippen molar-refractivity contribution in [3.63, 3.8) is 0 Å². The van der Waals surface area contributed by atoms with Gasteiger partial charge >= 0.3 is 0 Å². The number of hydrogen-bond donors (Lipinski definition) is 1. The Labute approximate surface area is 135 Å². The van der Waals surface area contributed by atoms with E-state index in [1.807, 2.05) is 0 Å². The molecule has 1 saturated heterocycles. The van der Waals surface area contributed by atoms with Gasteiger partial charge in [0.1, 0.15) is 4.21 Å². The van der Waals surface area contributed by atoms with E-state index in [-0.39, 0.29) is 10.1 Å². The highest BCUT2D eigenvalue weighted by Crippen LogP contribution is 2.28. The zero-order chi connectivity index (χ0) is 16.2. The van der Waals surface area contributed by atoms with Crippen molar-refractivity contribution < 1.29 is 17.9 Å². The summed E-state index contributed by atoms with van der Waals surface area (Å²) >= 11 is 1.02. The molecule has 0 aliphatic carbocycles. The van der Waals surface area contributed by atoms with Gasteiger partial charge in [-0.05, 0) is 30.9 Å². The molecular formula is C14H22N2O4S2. The summed E-state index contributed by atoms with van der Waals surface area (Å²) in [5, 5.41) is 2.69. The van der Waals surface area contributed by atoms with Crippen molar-refractivity contribution in [2.75, 3.05) is 33.4 Å². The van der Waals surface area contributed by atoms with Gasteiger partial charge in [-0.15, -0.1) is 11.3 Å². The second-order valence-electron chi connectivity index (χ2n) is 5.45. The average molecular weight is 346 g/mol. The predicted octanol–water partition coefficient (Wildman–Crippen LogP) is 1.54. The third-order valence-electron chi connectivity index (χ3n) is 3.73. The molecule has 124 valence electrons. The molecule has 0 bridgehead atoms. The number of thiophene rings is 1. The summed E-state index contributed by atoms with van der Waals surface area (Å²) < 4.78 is 31.8. The van der Waals surface area contributed by atoms with Gasteiger partial charge < -0.3 is 10.1 Å². The first-order chi connectivity index (χ1) is 10.4. The Morgan fingerprint density at radius 3 is 2.73 bits per heavy atom. The van der Waals surface area contributed by atoms with Crippen molar-refractivity contribution in [2.24, 2.45) is 5.92 Å². The number of amides is 1. The van der Waals surface area contributed by atoms with Gasteiger partial charge in [-0.25, -0.2) is 8.42 Å². The Bertz CT molecular complexity index is 604. The van der Waals surface area contributed by atoms with Crippen LogP contribution in [-0.4, -0.2) is 52.0 Å². The smallest absolute Gasteiger partial charge is 0.261 e. The van der Waals surface area contributed by atoms with Crippen LogP contribution in [0, 0.1) is 5.92 Å². The van der Waals surface area contributed by atoms with Gasteiger partial charge in [0.2, 0.25) is 0 Å². The van der Waals surface area contributed by atoms with Crippen LogP contribution >= 0.6 is 11.3 Å². The quantitative estimate of drug-likeness (QED) is 0.793. The molecule has 0 unspecified atom stereocenters. The van der Waals surface area contributed by atoms with E-state index in [0.29, 0.717) is 37.0 Å². The number of nitrogens with zero attached hydrogens (tertiary/aromatic N) is 1. The van der Waals surface area contributed by atoms with Crippen molar-refractivity contribution in [1.29, 1.82) is 0 Å². The molecule has 1 aliphatic heterocycles. The van der Waals surface area contributed by atoms with Gasteiger partial charge in [-0.3, -0.25) is 4.79 Å². The molecular weight excluding hydrogens is 324 g/mol. The van der Waals surface area contributed by atoms with Crippen LogP contribution in [0.4, 0.5) is 0 Å². The summed E-state index contributed by atoms with van der Waals surface area (Å²) in [4.78, 5) is 12.3. The molecule has 1 amide bonds. The molecule has 8 heteroatoms. The van der Waals surface area contributed by atoms with E-state index in [1.54, 1.807) is 13.2 Å². The van der Waals surface area contributed by atoms with E-state index in [0.717, 1.165) is 24.2 Å². The van der Waals surface area contributed by atoms with E-state index in [2.05, 4.69) is 12.2 Å². The average Bonchev–Trinajstić information content (AvgIpc) is 2.98. The Kier molecular flexibility index (Phi) is 5.96. The molecule has 2 rings (SSSR count). The molecule has 1 N–H and O–H groups in total. The van der Waals surface area contributed by atoms with Gasteiger partial charge in [0.05, 0.1) is 11.5 Å². The van der Waals surface area contributed by atoms with E-state index in [1.165, 1.54) is 10.4 Å². The fourth-order valence-corrected chi connectivity index (χ4v) is 5.13. The molecule has 1 aliphatic rings. The Hall–Kier alpha value is -0.960. The van der Waals surface area contributed by atoms with Crippen LogP contribution in [0.1, 0.15) is 29.4 Å². The molecule has 0 saturated carbocycles. The number of ether oxygens (including phenoxy) is 1. The summed E-state index contributed by atoms with van der Waals surface area (Å²) in [6.07, 6.45) is 1.77. The summed E-state index contributed by atoms with van der Waals surface area (Å²) in [5.74, 6) is 0.299. The monoisotopic (exact) mass is 346 g/mol. The fourth-order valence-electron chi connectivity index (χ4n) is 2.29. The number of carbonyl (C=O) groups excluding carboxylic acids is 1. The first kappa shape index (κ1) is 17.4.